The number of alkyl halides is 1. The first-order chi connectivity index (χ1) is 12.9. The molecule has 0 unspecified atom stereocenters. The van der Waals surface area contributed by atoms with Gasteiger partial charge in [-0.1, -0.05) is 43.6 Å². The molecular weight excluding hydrogens is 553 g/mol. The lowest BCUT2D eigenvalue weighted by Gasteiger charge is -2.37. The van der Waals surface area contributed by atoms with Gasteiger partial charge in [-0.3, -0.25) is 9.59 Å². The van der Waals surface area contributed by atoms with Gasteiger partial charge >= 0.3 is 0 Å². The Kier molecular flexibility index (Phi) is 7.65. The van der Waals surface area contributed by atoms with E-state index in [2.05, 4.69) is 72.4 Å². The molecule has 2 rings (SSSR count). The normalized spacial score (nSPS) is 19.6. The maximum Gasteiger partial charge on any atom is 0.237 e. The van der Waals surface area contributed by atoms with Gasteiger partial charge in [0.2, 0.25) is 5.43 Å². The van der Waals surface area contributed by atoms with E-state index in [-0.39, 0.29) is 32.9 Å². The summed E-state index contributed by atoms with van der Waals surface area (Å²) in [6.45, 7) is 13.6. The number of carbonyl (C=O) groups excluding carboxylic acids is 1. The molecule has 0 saturated heterocycles. The summed E-state index contributed by atoms with van der Waals surface area (Å²) in [5.74, 6) is 0.110. The van der Waals surface area contributed by atoms with Crippen molar-refractivity contribution >= 4 is 52.6 Å². The van der Waals surface area contributed by atoms with Crippen LogP contribution in [0.15, 0.2) is 4.79 Å². The highest BCUT2D eigenvalue weighted by Crippen LogP contribution is 2.45. The van der Waals surface area contributed by atoms with Crippen molar-refractivity contribution in [3.05, 3.63) is 25.2 Å². The molecular formula is C20H31BrINO4Si. The van der Waals surface area contributed by atoms with Crippen LogP contribution < -0.4 is 10.2 Å². The molecule has 28 heavy (non-hydrogen) atoms. The summed E-state index contributed by atoms with van der Waals surface area (Å²) in [5.41, 5.74) is 1.06. The number of rotatable bonds is 7. The van der Waals surface area contributed by atoms with Crippen LogP contribution in [0.1, 0.15) is 74.0 Å². The van der Waals surface area contributed by atoms with Gasteiger partial charge in [0.25, 0.3) is 0 Å². The largest absolute Gasteiger partial charge is 0.491 e. The van der Waals surface area contributed by atoms with Crippen LogP contribution in [0.25, 0.3) is 0 Å². The standard InChI is InChI=1S/C20H31BrINO4Si/c1-8-9-14(24)17-19(26-5)18(25)15(22)16-13(21)10-12(23(16)17)11-27-28(6,7)20(2,3)4/h12-13H,8-11H2,1-7H3/t12-,13-/m0/s1. The number of hydrogen-bond acceptors (Lipinski definition) is 4. The van der Waals surface area contributed by atoms with Gasteiger partial charge in [0, 0.05) is 12.1 Å². The van der Waals surface area contributed by atoms with Crippen molar-refractivity contribution in [1.82, 2.24) is 4.57 Å². The van der Waals surface area contributed by atoms with E-state index in [0.717, 1.165) is 18.5 Å². The summed E-state index contributed by atoms with van der Waals surface area (Å²) in [4.78, 5) is 25.8. The van der Waals surface area contributed by atoms with Crippen molar-refractivity contribution in [2.45, 2.75) is 76.0 Å². The lowest BCUT2D eigenvalue weighted by atomic mass is 10.1. The Hall–Kier alpha value is -0.193. The second-order valence-corrected chi connectivity index (χ2v) is 15.9. The number of aromatic nitrogens is 1. The molecule has 2 heterocycles. The minimum atomic E-state index is -1.93. The van der Waals surface area contributed by atoms with Gasteiger partial charge in [-0.05, 0) is 53.6 Å². The van der Waals surface area contributed by atoms with E-state index < -0.39 is 8.32 Å². The van der Waals surface area contributed by atoms with Crippen LogP contribution in [0.2, 0.25) is 18.1 Å². The van der Waals surface area contributed by atoms with Gasteiger partial charge < -0.3 is 13.7 Å². The number of nitrogens with zero attached hydrogens (tertiary/aromatic N) is 1. The van der Waals surface area contributed by atoms with Crippen LogP contribution in [0, 0.1) is 3.57 Å². The molecule has 2 atom stereocenters. The van der Waals surface area contributed by atoms with Crippen molar-refractivity contribution in [2.24, 2.45) is 0 Å². The summed E-state index contributed by atoms with van der Waals surface area (Å²) in [5, 5.41) is 0.110. The third kappa shape index (κ3) is 4.44. The average Bonchev–Trinajstić information content (AvgIpc) is 2.91. The molecule has 0 radical (unpaired) electrons. The summed E-state index contributed by atoms with van der Waals surface area (Å²) >= 11 is 5.81. The number of halogens is 2. The Morgan fingerprint density at radius 2 is 1.96 bits per heavy atom. The van der Waals surface area contributed by atoms with Crippen molar-refractivity contribution in [3.8, 4) is 5.75 Å². The minimum absolute atomic E-state index is 0.00711. The zero-order chi connectivity index (χ0) is 21.4. The van der Waals surface area contributed by atoms with E-state index in [4.69, 9.17) is 9.16 Å². The summed E-state index contributed by atoms with van der Waals surface area (Å²) < 4.78 is 14.5. The van der Waals surface area contributed by atoms with Crippen molar-refractivity contribution in [2.75, 3.05) is 13.7 Å². The molecule has 0 aliphatic carbocycles. The number of pyridine rings is 1. The number of fused-ring (bicyclic) bond motifs is 1. The number of methoxy groups -OCH3 is 1. The zero-order valence-electron chi connectivity index (χ0n) is 17.8. The Morgan fingerprint density at radius 3 is 2.46 bits per heavy atom. The molecule has 1 aromatic heterocycles. The van der Waals surface area contributed by atoms with Gasteiger partial charge in [-0.2, -0.15) is 0 Å². The molecule has 0 bridgehead atoms. The molecule has 1 aliphatic heterocycles. The molecule has 5 nitrogen and oxygen atoms in total. The Bertz CT molecular complexity index is 816. The van der Waals surface area contributed by atoms with Crippen LogP contribution in [-0.4, -0.2) is 32.4 Å². The Labute approximate surface area is 191 Å². The van der Waals surface area contributed by atoms with Crippen molar-refractivity contribution in [1.29, 1.82) is 0 Å². The second kappa shape index (κ2) is 8.89. The van der Waals surface area contributed by atoms with Crippen molar-refractivity contribution < 1.29 is 14.0 Å². The van der Waals surface area contributed by atoms with Gasteiger partial charge in [0.15, 0.2) is 19.9 Å². The number of ether oxygens (including phenoxy) is 1. The highest BCUT2D eigenvalue weighted by Gasteiger charge is 2.41. The van der Waals surface area contributed by atoms with Crippen LogP contribution >= 0.6 is 38.5 Å². The molecule has 0 saturated carbocycles. The topological polar surface area (TPSA) is 57.5 Å². The summed E-state index contributed by atoms with van der Waals surface area (Å²) in [6.07, 6.45) is 1.89. The quantitative estimate of drug-likeness (QED) is 0.175. The fourth-order valence-corrected chi connectivity index (χ4v) is 6.47. The predicted molar refractivity (Wildman–Crippen MR) is 128 cm³/mol. The molecule has 0 spiro atoms. The maximum atomic E-state index is 13.0. The number of ketones is 1. The Balaban J connectivity index is 2.58. The van der Waals surface area contributed by atoms with E-state index >= 15 is 0 Å². The Morgan fingerprint density at radius 1 is 1.36 bits per heavy atom. The van der Waals surface area contributed by atoms with Gasteiger partial charge in [0.1, 0.15) is 5.69 Å². The third-order valence-electron chi connectivity index (χ3n) is 5.87. The molecule has 0 amide bonds. The van der Waals surface area contributed by atoms with Crippen LogP contribution in [-0.2, 0) is 4.43 Å². The van der Waals surface area contributed by atoms with Crippen molar-refractivity contribution in [3.63, 3.8) is 0 Å². The third-order valence-corrected chi connectivity index (χ3v) is 12.2. The highest BCUT2D eigenvalue weighted by molar-refractivity contribution is 14.1. The summed E-state index contributed by atoms with van der Waals surface area (Å²) in [6, 6.07) is -0.00711. The average molecular weight is 584 g/mol. The maximum absolute atomic E-state index is 13.0. The number of hydrogen-bond donors (Lipinski definition) is 0. The predicted octanol–water partition coefficient (Wildman–Crippen LogP) is 5.85. The molecule has 158 valence electrons. The van der Waals surface area contributed by atoms with Crippen LogP contribution in [0.3, 0.4) is 0 Å². The van der Waals surface area contributed by atoms with Crippen LogP contribution in [0.5, 0.6) is 5.75 Å². The highest BCUT2D eigenvalue weighted by atomic mass is 127. The molecule has 0 aromatic carbocycles. The van der Waals surface area contributed by atoms with E-state index in [1.165, 1.54) is 7.11 Å². The fraction of sp³-hybridized carbons (Fsp3) is 0.700. The first-order valence-corrected chi connectivity index (χ1v) is 14.6. The van der Waals surface area contributed by atoms with E-state index in [1.807, 2.05) is 11.5 Å². The molecule has 0 N–H and O–H groups in total. The smallest absolute Gasteiger partial charge is 0.237 e. The first kappa shape index (κ1) is 24.1. The van der Waals surface area contributed by atoms with E-state index in [1.54, 1.807) is 0 Å². The molecule has 8 heteroatoms. The lowest BCUT2D eigenvalue weighted by Crippen LogP contribution is -2.42. The van der Waals surface area contributed by atoms with E-state index in [9.17, 15) is 9.59 Å². The SMILES string of the molecule is CCCC(=O)c1c(OC)c(=O)c(I)c2n1[C@H](CO[Si](C)(C)C(C)(C)C)C[C@@H]2Br. The first-order valence-electron chi connectivity index (χ1n) is 9.70. The van der Waals surface area contributed by atoms with Gasteiger partial charge in [0.05, 0.1) is 28.2 Å². The molecule has 1 aliphatic rings. The van der Waals surface area contributed by atoms with E-state index in [0.29, 0.717) is 22.3 Å². The zero-order valence-corrected chi connectivity index (χ0v) is 22.6. The lowest BCUT2D eigenvalue weighted by molar-refractivity contribution is 0.0963. The van der Waals surface area contributed by atoms with Gasteiger partial charge in [-0.25, -0.2) is 0 Å². The molecule has 0 fully saturated rings. The van der Waals surface area contributed by atoms with Gasteiger partial charge in [-0.15, -0.1) is 0 Å². The molecule has 1 aromatic rings. The minimum Gasteiger partial charge on any atom is -0.491 e. The van der Waals surface area contributed by atoms with Crippen LogP contribution in [0.4, 0.5) is 0 Å². The monoisotopic (exact) mass is 583 g/mol. The number of Topliss-reactive ketones (excluding diaryl/α,β-unsaturated/α-hetero) is 1. The fourth-order valence-electron chi connectivity index (χ4n) is 3.24. The summed E-state index contributed by atoms with van der Waals surface area (Å²) in [7, 11) is -0.468. The second-order valence-electron chi connectivity index (χ2n) is 8.88. The number of carbonyl (C=O) groups is 1.